The summed E-state index contributed by atoms with van der Waals surface area (Å²) in [6.07, 6.45) is 6.19. The average Bonchev–Trinajstić information content (AvgIpc) is 2.54. The van der Waals surface area contributed by atoms with E-state index in [0.717, 1.165) is 29.4 Å². The molecular formula is C18H31NO2. The quantitative estimate of drug-likeness (QED) is 0.685. The van der Waals surface area contributed by atoms with Gasteiger partial charge in [0.05, 0.1) is 19.8 Å². The summed E-state index contributed by atoms with van der Waals surface area (Å²) in [4.78, 5) is 0. The molecule has 1 aromatic rings. The highest BCUT2D eigenvalue weighted by molar-refractivity contribution is 5.47. The second kappa shape index (κ2) is 9.67. The predicted octanol–water partition coefficient (Wildman–Crippen LogP) is 4.57. The number of nitrogens with one attached hydrogen (secondary N) is 1. The van der Waals surface area contributed by atoms with E-state index in [1.54, 1.807) is 14.2 Å². The molecule has 0 aromatic heterocycles. The van der Waals surface area contributed by atoms with Crippen LogP contribution in [0.3, 0.4) is 0 Å². The molecule has 0 aliphatic heterocycles. The number of ether oxygens (including phenoxy) is 2. The Bertz CT molecular complexity index is 384. The highest BCUT2D eigenvalue weighted by Crippen LogP contribution is 2.37. The normalized spacial score (nSPS) is 13.8. The summed E-state index contributed by atoms with van der Waals surface area (Å²) in [5.74, 6) is 2.54. The molecule has 0 radical (unpaired) electrons. The number of benzene rings is 1. The maximum atomic E-state index is 5.55. The van der Waals surface area contributed by atoms with Gasteiger partial charge in [0.25, 0.3) is 0 Å². The van der Waals surface area contributed by atoms with Gasteiger partial charge in [-0.1, -0.05) is 45.6 Å². The molecule has 0 aliphatic carbocycles. The third kappa shape index (κ3) is 4.92. The molecule has 0 fully saturated rings. The lowest BCUT2D eigenvalue weighted by Crippen LogP contribution is -2.21. The fourth-order valence-electron chi connectivity index (χ4n) is 2.92. The molecule has 0 aliphatic rings. The molecule has 1 aromatic carbocycles. The Hall–Kier alpha value is -1.22. The Morgan fingerprint density at radius 1 is 1.10 bits per heavy atom. The van der Waals surface area contributed by atoms with Crippen LogP contribution in [0.5, 0.6) is 11.5 Å². The minimum absolute atomic E-state index is 0.262. The Labute approximate surface area is 130 Å². The maximum absolute atomic E-state index is 5.55. The van der Waals surface area contributed by atoms with Crippen LogP contribution in [0, 0.1) is 5.92 Å². The minimum atomic E-state index is 0.262. The van der Waals surface area contributed by atoms with E-state index in [1.165, 1.54) is 25.7 Å². The third-order valence-electron chi connectivity index (χ3n) is 4.28. The molecule has 3 nitrogen and oxygen atoms in total. The highest BCUT2D eigenvalue weighted by atomic mass is 16.5. The lowest BCUT2D eigenvalue weighted by molar-refractivity contribution is 0.335. The zero-order chi connectivity index (χ0) is 15.7. The molecule has 0 bridgehead atoms. The van der Waals surface area contributed by atoms with Gasteiger partial charge in [0.2, 0.25) is 0 Å². The molecule has 0 spiro atoms. The standard InChI is InChI=1S/C18H31NO2/c1-6-8-10-14(7-2)13-15(19-3)18-16(20-4)11-9-12-17(18)21-5/h9,11-12,14-15,19H,6-8,10,13H2,1-5H3. The summed E-state index contributed by atoms with van der Waals surface area (Å²) in [7, 11) is 5.46. The summed E-state index contributed by atoms with van der Waals surface area (Å²) in [6, 6.07) is 6.25. The number of hydrogen-bond acceptors (Lipinski definition) is 3. The van der Waals surface area contributed by atoms with Crippen molar-refractivity contribution in [2.75, 3.05) is 21.3 Å². The second-order valence-electron chi connectivity index (χ2n) is 5.57. The van der Waals surface area contributed by atoms with Gasteiger partial charge < -0.3 is 14.8 Å². The monoisotopic (exact) mass is 293 g/mol. The van der Waals surface area contributed by atoms with Gasteiger partial charge in [-0.25, -0.2) is 0 Å². The first-order valence-electron chi connectivity index (χ1n) is 8.09. The second-order valence-corrected chi connectivity index (χ2v) is 5.57. The summed E-state index contributed by atoms with van der Waals surface area (Å²) in [6.45, 7) is 4.54. The van der Waals surface area contributed by atoms with Crippen LogP contribution in [0.4, 0.5) is 0 Å². The molecule has 0 saturated carbocycles. The van der Waals surface area contributed by atoms with Crippen LogP contribution in [0.15, 0.2) is 18.2 Å². The van der Waals surface area contributed by atoms with Gasteiger partial charge in [-0.05, 0) is 31.5 Å². The zero-order valence-corrected chi connectivity index (χ0v) is 14.2. The first-order chi connectivity index (χ1) is 10.2. The van der Waals surface area contributed by atoms with E-state index in [1.807, 2.05) is 25.2 Å². The molecule has 0 amide bonds. The van der Waals surface area contributed by atoms with Gasteiger partial charge in [-0.2, -0.15) is 0 Å². The van der Waals surface area contributed by atoms with Crippen LogP contribution in [-0.2, 0) is 0 Å². The van der Waals surface area contributed by atoms with E-state index in [9.17, 15) is 0 Å². The summed E-state index contributed by atoms with van der Waals surface area (Å²) < 4.78 is 11.1. The van der Waals surface area contributed by atoms with Crippen molar-refractivity contribution >= 4 is 0 Å². The molecule has 3 heteroatoms. The summed E-state index contributed by atoms with van der Waals surface area (Å²) in [5.41, 5.74) is 1.14. The molecule has 2 atom stereocenters. The molecule has 21 heavy (non-hydrogen) atoms. The Kier molecular flexibility index (Phi) is 8.21. The molecule has 0 heterocycles. The van der Waals surface area contributed by atoms with Gasteiger partial charge >= 0.3 is 0 Å². The first-order valence-corrected chi connectivity index (χ1v) is 8.09. The smallest absolute Gasteiger partial charge is 0.127 e. The van der Waals surface area contributed by atoms with E-state index in [0.29, 0.717) is 0 Å². The largest absolute Gasteiger partial charge is 0.496 e. The van der Waals surface area contributed by atoms with Crippen LogP contribution in [0.2, 0.25) is 0 Å². The van der Waals surface area contributed by atoms with E-state index < -0.39 is 0 Å². The first kappa shape index (κ1) is 17.8. The van der Waals surface area contributed by atoms with E-state index in [-0.39, 0.29) is 6.04 Å². The highest BCUT2D eigenvalue weighted by Gasteiger charge is 2.22. The SMILES string of the molecule is CCCCC(CC)CC(NC)c1c(OC)cccc1OC. The van der Waals surface area contributed by atoms with Crippen molar-refractivity contribution in [3.05, 3.63) is 23.8 Å². The van der Waals surface area contributed by atoms with Crippen molar-refractivity contribution in [1.29, 1.82) is 0 Å². The van der Waals surface area contributed by atoms with E-state index in [2.05, 4.69) is 19.2 Å². The van der Waals surface area contributed by atoms with Gasteiger partial charge in [-0.3, -0.25) is 0 Å². The number of unbranched alkanes of at least 4 members (excludes halogenated alkanes) is 1. The van der Waals surface area contributed by atoms with Crippen molar-refractivity contribution in [1.82, 2.24) is 5.32 Å². The maximum Gasteiger partial charge on any atom is 0.127 e. The summed E-state index contributed by atoms with van der Waals surface area (Å²) >= 11 is 0. The Morgan fingerprint density at radius 2 is 1.71 bits per heavy atom. The van der Waals surface area contributed by atoms with E-state index >= 15 is 0 Å². The molecule has 1 rings (SSSR count). The molecule has 0 saturated heterocycles. The average molecular weight is 293 g/mol. The fourth-order valence-corrected chi connectivity index (χ4v) is 2.92. The fraction of sp³-hybridized carbons (Fsp3) is 0.667. The van der Waals surface area contributed by atoms with Crippen molar-refractivity contribution < 1.29 is 9.47 Å². The van der Waals surface area contributed by atoms with Crippen LogP contribution in [-0.4, -0.2) is 21.3 Å². The van der Waals surface area contributed by atoms with Crippen molar-refractivity contribution in [2.24, 2.45) is 5.92 Å². The van der Waals surface area contributed by atoms with Gasteiger partial charge in [0.1, 0.15) is 11.5 Å². The summed E-state index contributed by atoms with van der Waals surface area (Å²) in [5, 5.41) is 3.45. The third-order valence-corrected chi connectivity index (χ3v) is 4.28. The van der Waals surface area contributed by atoms with Crippen LogP contribution < -0.4 is 14.8 Å². The zero-order valence-electron chi connectivity index (χ0n) is 14.2. The van der Waals surface area contributed by atoms with Gasteiger partial charge in [0, 0.05) is 6.04 Å². The Morgan fingerprint density at radius 3 is 2.14 bits per heavy atom. The lowest BCUT2D eigenvalue weighted by atomic mass is 9.88. The molecule has 120 valence electrons. The van der Waals surface area contributed by atoms with Gasteiger partial charge in [0.15, 0.2) is 0 Å². The minimum Gasteiger partial charge on any atom is -0.496 e. The van der Waals surface area contributed by atoms with Crippen LogP contribution in [0.1, 0.15) is 57.6 Å². The van der Waals surface area contributed by atoms with E-state index in [4.69, 9.17) is 9.47 Å². The topological polar surface area (TPSA) is 30.5 Å². The molecular weight excluding hydrogens is 262 g/mol. The molecule has 2 unspecified atom stereocenters. The lowest BCUT2D eigenvalue weighted by Gasteiger charge is -2.25. The Balaban J connectivity index is 2.97. The predicted molar refractivity (Wildman–Crippen MR) is 89.3 cm³/mol. The van der Waals surface area contributed by atoms with Crippen LogP contribution >= 0.6 is 0 Å². The van der Waals surface area contributed by atoms with Crippen molar-refractivity contribution in [2.45, 2.75) is 52.0 Å². The number of methoxy groups -OCH3 is 2. The molecule has 1 N–H and O–H groups in total. The van der Waals surface area contributed by atoms with Crippen molar-refractivity contribution in [3.63, 3.8) is 0 Å². The van der Waals surface area contributed by atoms with Crippen molar-refractivity contribution in [3.8, 4) is 11.5 Å². The van der Waals surface area contributed by atoms with Crippen LogP contribution in [0.25, 0.3) is 0 Å². The van der Waals surface area contributed by atoms with Gasteiger partial charge in [-0.15, -0.1) is 0 Å². The number of rotatable bonds is 10. The number of hydrogen-bond donors (Lipinski definition) is 1.